The van der Waals surface area contributed by atoms with Crippen LogP contribution in [0.5, 0.6) is 5.75 Å². The van der Waals surface area contributed by atoms with E-state index in [1.54, 1.807) is 7.11 Å². The lowest BCUT2D eigenvalue weighted by molar-refractivity contribution is 0.177. The molecule has 0 saturated carbocycles. The number of nitrogens with two attached hydrogens (primary N) is 1. The van der Waals surface area contributed by atoms with Gasteiger partial charge in [0.15, 0.2) is 0 Å². The van der Waals surface area contributed by atoms with Crippen molar-refractivity contribution in [3.05, 3.63) is 24.0 Å². The van der Waals surface area contributed by atoms with E-state index >= 15 is 0 Å². The maximum absolute atomic E-state index is 6.24. The molecule has 2 N–H and O–H groups in total. The van der Waals surface area contributed by atoms with Gasteiger partial charge >= 0.3 is 0 Å². The summed E-state index contributed by atoms with van der Waals surface area (Å²) in [5.41, 5.74) is 8.07. The highest BCUT2D eigenvalue weighted by Gasteiger charge is 2.43. The number of aromatic nitrogens is 2. The van der Waals surface area contributed by atoms with Gasteiger partial charge in [-0.15, -0.1) is 0 Å². The van der Waals surface area contributed by atoms with Crippen LogP contribution in [0, 0.1) is 0 Å². The van der Waals surface area contributed by atoms with Gasteiger partial charge in [0.1, 0.15) is 11.6 Å². The Morgan fingerprint density at radius 3 is 2.95 bits per heavy atom. The molecular formula is C15H21N3O2. The van der Waals surface area contributed by atoms with Crippen molar-refractivity contribution in [1.29, 1.82) is 0 Å². The van der Waals surface area contributed by atoms with Crippen LogP contribution in [0.1, 0.15) is 19.7 Å². The topological polar surface area (TPSA) is 62.3 Å². The molecule has 0 spiro atoms. The van der Waals surface area contributed by atoms with Crippen LogP contribution < -0.4 is 10.5 Å². The molecule has 1 aromatic heterocycles. The van der Waals surface area contributed by atoms with Gasteiger partial charge in [0.05, 0.1) is 36.8 Å². The van der Waals surface area contributed by atoms with Crippen molar-refractivity contribution in [2.24, 2.45) is 5.73 Å². The van der Waals surface area contributed by atoms with Gasteiger partial charge in [-0.2, -0.15) is 0 Å². The highest BCUT2D eigenvalue weighted by Crippen LogP contribution is 2.34. The van der Waals surface area contributed by atoms with E-state index in [-0.39, 0.29) is 11.5 Å². The zero-order valence-electron chi connectivity index (χ0n) is 12.2. The normalized spacial score (nSPS) is 26.3. The molecule has 0 aliphatic carbocycles. The minimum Gasteiger partial charge on any atom is -0.497 e. The Morgan fingerprint density at radius 2 is 2.35 bits per heavy atom. The van der Waals surface area contributed by atoms with E-state index in [0.717, 1.165) is 29.2 Å². The Bertz CT molecular complexity index is 637. The third-order valence-electron chi connectivity index (χ3n) is 4.30. The number of aryl methyl sites for hydroxylation is 1. The zero-order chi connectivity index (χ0) is 14.3. The molecule has 1 aliphatic heterocycles. The lowest BCUT2D eigenvalue weighted by atomic mass is 9.85. The Balaban J connectivity index is 2.20. The Morgan fingerprint density at radius 1 is 1.55 bits per heavy atom. The molecule has 1 aromatic carbocycles. The lowest BCUT2D eigenvalue weighted by Gasteiger charge is -2.26. The van der Waals surface area contributed by atoms with Crippen LogP contribution in [-0.2, 0) is 16.7 Å². The quantitative estimate of drug-likeness (QED) is 0.925. The summed E-state index contributed by atoms with van der Waals surface area (Å²) in [5.74, 6) is 1.83. The molecule has 1 saturated heterocycles. The highest BCUT2D eigenvalue weighted by molar-refractivity contribution is 5.78. The van der Waals surface area contributed by atoms with Crippen molar-refractivity contribution >= 4 is 11.0 Å². The molecular weight excluding hydrogens is 254 g/mol. The standard InChI is InChI=1S/C15H21N3O2/c1-4-18-12-6-5-10(19-3)7-11(12)17-14(18)15(2)9-20-8-13(15)16/h5-7,13H,4,8-9,16H2,1-3H3. The van der Waals surface area contributed by atoms with Gasteiger partial charge in [0.25, 0.3) is 0 Å². The first-order valence-electron chi connectivity index (χ1n) is 6.98. The second-order valence-electron chi connectivity index (χ2n) is 5.57. The Kier molecular flexibility index (Phi) is 3.18. The predicted molar refractivity (Wildman–Crippen MR) is 78.1 cm³/mol. The number of nitrogens with zero attached hydrogens (tertiary/aromatic N) is 2. The highest BCUT2D eigenvalue weighted by atomic mass is 16.5. The minimum absolute atomic E-state index is 0.0218. The fraction of sp³-hybridized carbons (Fsp3) is 0.533. The van der Waals surface area contributed by atoms with Gasteiger partial charge in [-0.3, -0.25) is 0 Å². The summed E-state index contributed by atoms with van der Waals surface area (Å²) in [7, 11) is 1.67. The molecule has 0 radical (unpaired) electrons. The predicted octanol–water partition coefficient (Wildman–Crippen LogP) is 1.68. The molecule has 2 atom stereocenters. The fourth-order valence-corrected chi connectivity index (χ4v) is 2.91. The minimum atomic E-state index is -0.234. The maximum Gasteiger partial charge on any atom is 0.121 e. The number of ether oxygens (including phenoxy) is 2. The summed E-state index contributed by atoms with van der Waals surface area (Å²) in [6.07, 6.45) is 0. The number of imidazole rings is 1. The summed E-state index contributed by atoms with van der Waals surface area (Å²) in [5, 5.41) is 0. The first-order chi connectivity index (χ1) is 9.60. The molecule has 20 heavy (non-hydrogen) atoms. The largest absolute Gasteiger partial charge is 0.497 e. The number of hydrogen-bond acceptors (Lipinski definition) is 4. The van der Waals surface area contributed by atoms with Gasteiger partial charge in [-0.05, 0) is 26.0 Å². The third kappa shape index (κ3) is 1.81. The lowest BCUT2D eigenvalue weighted by Crippen LogP contribution is -2.43. The van der Waals surface area contributed by atoms with Crippen molar-refractivity contribution in [2.75, 3.05) is 20.3 Å². The van der Waals surface area contributed by atoms with Gasteiger partial charge in [-0.25, -0.2) is 4.98 Å². The third-order valence-corrected chi connectivity index (χ3v) is 4.30. The maximum atomic E-state index is 6.24. The van der Waals surface area contributed by atoms with Gasteiger partial charge in [0, 0.05) is 18.7 Å². The number of hydrogen-bond donors (Lipinski definition) is 1. The van der Waals surface area contributed by atoms with Crippen molar-refractivity contribution < 1.29 is 9.47 Å². The second-order valence-corrected chi connectivity index (χ2v) is 5.57. The van der Waals surface area contributed by atoms with Gasteiger partial charge in [0.2, 0.25) is 0 Å². The molecule has 1 fully saturated rings. The van der Waals surface area contributed by atoms with Crippen molar-refractivity contribution in [2.45, 2.75) is 31.8 Å². The first kappa shape index (κ1) is 13.4. The SMILES string of the molecule is CCn1c(C2(C)COCC2N)nc2cc(OC)ccc21. The van der Waals surface area contributed by atoms with Crippen LogP contribution in [0.25, 0.3) is 11.0 Å². The molecule has 2 aromatic rings. The Hall–Kier alpha value is -1.59. The summed E-state index contributed by atoms with van der Waals surface area (Å²) in [6.45, 7) is 6.33. The molecule has 5 heteroatoms. The Labute approximate surface area is 118 Å². The van der Waals surface area contributed by atoms with E-state index in [1.807, 2.05) is 12.1 Å². The number of methoxy groups -OCH3 is 1. The summed E-state index contributed by atoms with van der Waals surface area (Å²) >= 11 is 0. The first-order valence-corrected chi connectivity index (χ1v) is 6.98. The van der Waals surface area contributed by atoms with Crippen LogP contribution in [0.4, 0.5) is 0 Å². The second kappa shape index (κ2) is 4.75. The average molecular weight is 275 g/mol. The van der Waals surface area contributed by atoms with E-state index in [1.165, 1.54) is 0 Å². The molecule has 108 valence electrons. The summed E-state index contributed by atoms with van der Waals surface area (Å²) in [6, 6.07) is 5.97. The molecule has 5 nitrogen and oxygen atoms in total. The summed E-state index contributed by atoms with van der Waals surface area (Å²) < 4.78 is 13.1. The van der Waals surface area contributed by atoms with E-state index in [9.17, 15) is 0 Å². The zero-order valence-corrected chi connectivity index (χ0v) is 12.2. The average Bonchev–Trinajstić information content (AvgIpc) is 2.99. The monoisotopic (exact) mass is 275 g/mol. The van der Waals surface area contributed by atoms with Crippen LogP contribution in [-0.4, -0.2) is 35.9 Å². The molecule has 2 heterocycles. The van der Waals surface area contributed by atoms with Crippen LogP contribution in [0.2, 0.25) is 0 Å². The van der Waals surface area contributed by atoms with E-state index in [4.69, 9.17) is 20.2 Å². The number of rotatable bonds is 3. The van der Waals surface area contributed by atoms with Crippen molar-refractivity contribution in [1.82, 2.24) is 9.55 Å². The summed E-state index contributed by atoms with van der Waals surface area (Å²) in [4.78, 5) is 4.82. The van der Waals surface area contributed by atoms with Crippen LogP contribution in [0.15, 0.2) is 18.2 Å². The van der Waals surface area contributed by atoms with E-state index in [2.05, 4.69) is 24.5 Å². The fourth-order valence-electron chi connectivity index (χ4n) is 2.91. The van der Waals surface area contributed by atoms with Gasteiger partial charge < -0.3 is 19.8 Å². The van der Waals surface area contributed by atoms with Crippen LogP contribution in [0.3, 0.4) is 0 Å². The van der Waals surface area contributed by atoms with E-state index < -0.39 is 0 Å². The molecule has 2 unspecified atom stereocenters. The van der Waals surface area contributed by atoms with Gasteiger partial charge in [-0.1, -0.05) is 0 Å². The molecule has 3 rings (SSSR count). The molecule has 0 amide bonds. The van der Waals surface area contributed by atoms with Crippen molar-refractivity contribution in [3.8, 4) is 5.75 Å². The van der Waals surface area contributed by atoms with E-state index in [0.29, 0.717) is 13.2 Å². The van der Waals surface area contributed by atoms with Crippen LogP contribution >= 0.6 is 0 Å². The number of benzene rings is 1. The number of fused-ring (bicyclic) bond motifs is 1. The van der Waals surface area contributed by atoms with Crippen molar-refractivity contribution in [3.63, 3.8) is 0 Å². The smallest absolute Gasteiger partial charge is 0.121 e. The molecule has 0 bridgehead atoms. The molecule has 1 aliphatic rings.